The monoisotopic (exact) mass is 323 g/mol. The molecule has 1 aliphatic rings. The molecule has 0 bridgehead atoms. The fourth-order valence-corrected chi connectivity index (χ4v) is 3.21. The van der Waals surface area contributed by atoms with Crippen LogP contribution in [-0.4, -0.2) is 11.5 Å². The van der Waals surface area contributed by atoms with Crippen molar-refractivity contribution in [1.82, 2.24) is 5.32 Å². The lowest BCUT2D eigenvalue weighted by Gasteiger charge is -2.37. The van der Waals surface area contributed by atoms with E-state index >= 15 is 0 Å². The Morgan fingerprint density at radius 1 is 1.17 bits per heavy atom. The molecule has 0 aromatic heterocycles. The van der Waals surface area contributed by atoms with Crippen LogP contribution in [0.4, 0.5) is 0 Å². The van der Waals surface area contributed by atoms with Gasteiger partial charge in [-0.05, 0) is 38.8 Å². The third-order valence-corrected chi connectivity index (χ3v) is 4.47. The van der Waals surface area contributed by atoms with Crippen molar-refractivity contribution in [2.24, 2.45) is 0 Å². The summed E-state index contributed by atoms with van der Waals surface area (Å²) in [6, 6.07) is 16.3. The normalized spacial score (nSPS) is 18.4. The summed E-state index contributed by atoms with van der Waals surface area (Å²) in [7, 11) is 0. The number of ether oxygens (including phenoxy) is 1. The second kappa shape index (κ2) is 6.68. The van der Waals surface area contributed by atoms with Gasteiger partial charge in [0.25, 0.3) is 0 Å². The van der Waals surface area contributed by atoms with Crippen molar-refractivity contribution in [3.8, 4) is 5.75 Å². The number of nitrogens with one attached hydrogen (secondary N) is 1. The Morgan fingerprint density at radius 2 is 1.88 bits per heavy atom. The fraction of sp³-hybridized carbons (Fsp3) is 0.381. The second-order valence-corrected chi connectivity index (χ2v) is 7.21. The maximum absolute atomic E-state index is 12.4. The summed E-state index contributed by atoms with van der Waals surface area (Å²) in [6.07, 6.45) is 2.05. The van der Waals surface area contributed by atoms with Crippen molar-refractivity contribution in [1.29, 1.82) is 0 Å². The van der Waals surface area contributed by atoms with Gasteiger partial charge in [-0.1, -0.05) is 48.0 Å². The molecule has 0 saturated heterocycles. The molecule has 1 aliphatic heterocycles. The van der Waals surface area contributed by atoms with E-state index in [0.717, 1.165) is 24.2 Å². The molecule has 2 aromatic carbocycles. The predicted molar refractivity (Wildman–Crippen MR) is 96.1 cm³/mol. The van der Waals surface area contributed by atoms with Crippen LogP contribution in [0.3, 0.4) is 0 Å². The van der Waals surface area contributed by atoms with Crippen molar-refractivity contribution < 1.29 is 9.53 Å². The fourth-order valence-electron chi connectivity index (χ4n) is 3.21. The summed E-state index contributed by atoms with van der Waals surface area (Å²) in [5.74, 6) is 0.964. The van der Waals surface area contributed by atoms with Crippen LogP contribution in [0.1, 0.15) is 49.4 Å². The zero-order valence-corrected chi connectivity index (χ0v) is 14.6. The number of hydrogen-bond donors (Lipinski definition) is 1. The van der Waals surface area contributed by atoms with Crippen LogP contribution >= 0.6 is 0 Å². The van der Waals surface area contributed by atoms with Gasteiger partial charge in [0.05, 0.1) is 6.04 Å². The largest absolute Gasteiger partial charge is 0.487 e. The number of para-hydroxylation sites is 1. The van der Waals surface area contributed by atoms with Crippen LogP contribution in [0.25, 0.3) is 0 Å². The lowest BCUT2D eigenvalue weighted by atomic mass is 9.89. The van der Waals surface area contributed by atoms with Crippen LogP contribution in [0.2, 0.25) is 0 Å². The van der Waals surface area contributed by atoms with Gasteiger partial charge in [0.2, 0.25) is 5.91 Å². The first-order valence-corrected chi connectivity index (χ1v) is 8.56. The second-order valence-electron chi connectivity index (χ2n) is 7.21. The molecule has 1 amide bonds. The molecule has 1 heterocycles. The van der Waals surface area contributed by atoms with Gasteiger partial charge >= 0.3 is 0 Å². The third-order valence-electron chi connectivity index (χ3n) is 4.47. The van der Waals surface area contributed by atoms with E-state index in [2.05, 4.69) is 50.4 Å². The zero-order chi connectivity index (χ0) is 17.2. The highest BCUT2D eigenvalue weighted by molar-refractivity contribution is 5.77. The number of benzene rings is 2. The Morgan fingerprint density at radius 3 is 2.62 bits per heavy atom. The molecular formula is C21H25NO2. The lowest BCUT2D eigenvalue weighted by Crippen LogP contribution is -2.41. The van der Waals surface area contributed by atoms with E-state index in [0.29, 0.717) is 6.42 Å². The van der Waals surface area contributed by atoms with Crippen LogP contribution in [-0.2, 0) is 11.2 Å². The summed E-state index contributed by atoms with van der Waals surface area (Å²) in [6.45, 7) is 6.20. The molecule has 3 rings (SSSR count). The van der Waals surface area contributed by atoms with Gasteiger partial charge in [-0.2, -0.15) is 0 Å². The molecule has 1 atom stereocenters. The number of amides is 1. The standard InChI is InChI=1S/C21H25NO2/c1-15-8-10-16(11-9-15)12-13-20(23)22-18-14-21(2,3)24-19-7-5-4-6-17(18)19/h4-11,18H,12-14H2,1-3H3,(H,22,23). The van der Waals surface area contributed by atoms with E-state index in [1.54, 1.807) is 0 Å². The van der Waals surface area contributed by atoms with Gasteiger partial charge in [0.15, 0.2) is 0 Å². The minimum atomic E-state index is -0.275. The maximum atomic E-state index is 12.4. The highest BCUT2D eigenvalue weighted by Gasteiger charge is 2.34. The molecule has 126 valence electrons. The molecular weight excluding hydrogens is 298 g/mol. The number of aryl methyl sites for hydroxylation is 2. The Balaban J connectivity index is 1.64. The summed E-state index contributed by atoms with van der Waals surface area (Å²) in [5, 5.41) is 3.19. The SMILES string of the molecule is Cc1ccc(CCC(=O)NC2CC(C)(C)Oc3ccccc32)cc1. The van der Waals surface area contributed by atoms with E-state index in [4.69, 9.17) is 4.74 Å². The first-order valence-electron chi connectivity index (χ1n) is 8.56. The summed E-state index contributed by atoms with van der Waals surface area (Å²) < 4.78 is 6.02. The van der Waals surface area contributed by atoms with Crippen molar-refractivity contribution in [3.63, 3.8) is 0 Å². The van der Waals surface area contributed by atoms with Crippen LogP contribution in [0, 0.1) is 6.92 Å². The smallest absolute Gasteiger partial charge is 0.220 e. The van der Waals surface area contributed by atoms with Crippen molar-refractivity contribution in [3.05, 3.63) is 65.2 Å². The summed E-state index contributed by atoms with van der Waals surface area (Å²) in [5.41, 5.74) is 3.23. The molecule has 0 saturated carbocycles. The van der Waals surface area contributed by atoms with Gasteiger partial charge in [0.1, 0.15) is 11.4 Å². The Hall–Kier alpha value is -2.29. The van der Waals surface area contributed by atoms with E-state index in [1.165, 1.54) is 11.1 Å². The number of carbonyl (C=O) groups excluding carboxylic acids is 1. The van der Waals surface area contributed by atoms with Crippen molar-refractivity contribution in [2.75, 3.05) is 0 Å². The predicted octanol–water partition coefficient (Wildman–Crippen LogP) is 4.35. The molecule has 0 spiro atoms. The van der Waals surface area contributed by atoms with E-state index in [9.17, 15) is 4.79 Å². The van der Waals surface area contributed by atoms with E-state index in [-0.39, 0.29) is 17.6 Å². The topological polar surface area (TPSA) is 38.3 Å². The lowest BCUT2D eigenvalue weighted by molar-refractivity contribution is -0.122. The first-order chi connectivity index (χ1) is 11.4. The Kier molecular flexibility index (Phi) is 4.61. The highest BCUT2D eigenvalue weighted by Crippen LogP contribution is 2.39. The van der Waals surface area contributed by atoms with Crippen LogP contribution in [0.5, 0.6) is 5.75 Å². The maximum Gasteiger partial charge on any atom is 0.220 e. The molecule has 24 heavy (non-hydrogen) atoms. The molecule has 0 radical (unpaired) electrons. The summed E-state index contributed by atoms with van der Waals surface area (Å²) in [4.78, 5) is 12.4. The first kappa shape index (κ1) is 16.6. The van der Waals surface area contributed by atoms with Gasteiger partial charge in [0, 0.05) is 18.4 Å². The molecule has 1 N–H and O–H groups in total. The van der Waals surface area contributed by atoms with Gasteiger partial charge in [-0.3, -0.25) is 4.79 Å². The van der Waals surface area contributed by atoms with Crippen LogP contribution < -0.4 is 10.1 Å². The zero-order valence-electron chi connectivity index (χ0n) is 14.6. The molecule has 1 unspecified atom stereocenters. The molecule has 0 fully saturated rings. The van der Waals surface area contributed by atoms with Crippen molar-refractivity contribution >= 4 is 5.91 Å². The van der Waals surface area contributed by atoms with E-state index < -0.39 is 0 Å². The number of hydrogen-bond acceptors (Lipinski definition) is 2. The highest BCUT2D eigenvalue weighted by atomic mass is 16.5. The van der Waals surface area contributed by atoms with Gasteiger partial charge in [-0.15, -0.1) is 0 Å². The van der Waals surface area contributed by atoms with E-state index in [1.807, 2.05) is 24.3 Å². The number of rotatable bonds is 4. The molecule has 3 heteroatoms. The Bertz CT molecular complexity index is 719. The molecule has 2 aromatic rings. The van der Waals surface area contributed by atoms with Gasteiger partial charge in [-0.25, -0.2) is 0 Å². The number of fused-ring (bicyclic) bond motifs is 1. The van der Waals surface area contributed by atoms with Crippen LogP contribution in [0.15, 0.2) is 48.5 Å². The summed E-state index contributed by atoms with van der Waals surface area (Å²) >= 11 is 0. The molecule has 0 aliphatic carbocycles. The van der Waals surface area contributed by atoms with Gasteiger partial charge < -0.3 is 10.1 Å². The van der Waals surface area contributed by atoms with Crippen molar-refractivity contribution in [2.45, 2.75) is 51.7 Å². The molecule has 3 nitrogen and oxygen atoms in total. The average Bonchev–Trinajstić information content (AvgIpc) is 2.53. The third kappa shape index (κ3) is 3.97. The Labute approximate surface area is 144 Å². The minimum Gasteiger partial charge on any atom is -0.487 e. The average molecular weight is 323 g/mol. The quantitative estimate of drug-likeness (QED) is 0.908. The minimum absolute atomic E-state index is 0.00969. The number of carbonyl (C=O) groups is 1.